The number of aryl methyl sites for hydroxylation is 1. The van der Waals surface area contributed by atoms with Crippen molar-refractivity contribution in [3.63, 3.8) is 0 Å². The molecule has 0 fully saturated rings. The van der Waals surface area contributed by atoms with Crippen LogP contribution in [0.4, 0.5) is 10.1 Å². The number of benzene rings is 1. The van der Waals surface area contributed by atoms with Gasteiger partial charge in [-0.2, -0.15) is 0 Å². The topological polar surface area (TPSA) is 24.9 Å². The summed E-state index contributed by atoms with van der Waals surface area (Å²) >= 11 is 7.25. The Morgan fingerprint density at radius 2 is 2.29 bits per heavy atom. The molecular weight excluding hydrogens is 259 g/mol. The van der Waals surface area contributed by atoms with Crippen LogP contribution in [0, 0.1) is 12.7 Å². The van der Waals surface area contributed by atoms with Gasteiger partial charge in [0, 0.05) is 23.5 Å². The largest absolute Gasteiger partial charge is 0.385 e. The van der Waals surface area contributed by atoms with Crippen LogP contribution in [0.5, 0.6) is 0 Å². The molecule has 0 atom stereocenters. The number of aromatic nitrogens is 1. The molecule has 0 radical (unpaired) electrons. The Kier molecular flexibility index (Phi) is 3.97. The first-order chi connectivity index (χ1) is 8.16. The van der Waals surface area contributed by atoms with E-state index >= 15 is 0 Å². The fourth-order valence-electron chi connectivity index (χ4n) is 1.49. The summed E-state index contributed by atoms with van der Waals surface area (Å²) in [6, 6.07) is 4.73. The second kappa shape index (κ2) is 5.47. The lowest BCUT2D eigenvalue weighted by molar-refractivity contribution is 0.628. The molecule has 0 saturated carbocycles. The van der Waals surface area contributed by atoms with Gasteiger partial charge in [-0.3, -0.25) is 0 Å². The van der Waals surface area contributed by atoms with Gasteiger partial charge in [-0.15, -0.1) is 11.3 Å². The maximum atomic E-state index is 13.2. The molecule has 17 heavy (non-hydrogen) atoms. The minimum Gasteiger partial charge on any atom is -0.385 e. The molecule has 0 amide bonds. The van der Waals surface area contributed by atoms with Gasteiger partial charge >= 0.3 is 0 Å². The Hall–Kier alpha value is -1.13. The first-order valence-electron chi connectivity index (χ1n) is 5.24. The fourth-order valence-corrected chi connectivity index (χ4v) is 2.39. The zero-order valence-electron chi connectivity index (χ0n) is 9.34. The van der Waals surface area contributed by atoms with E-state index in [2.05, 4.69) is 10.3 Å². The van der Waals surface area contributed by atoms with Crippen LogP contribution >= 0.6 is 22.9 Å². The van der Waals surface area contributed by atoms with E-state index in [9.17, 15) is 4.39 Å². The van der Waals surface area contributed by atoms with E-state index in [0.717, 1.165) is 24.3 Å². The minimum atomic E-state index is -0.398. The first-order valence-corrected chi connectivity index (χ1v) is 6.50. The third-order valence-corrected chi connectivity index (χ3v) is 3.75. The van der Waals surface area contributed by atoms with Crippen LogP contribution in [0.1, 0.15) is 10.6 Å². The average Bonchev–Trinajstić information content (AvgIpc) is 2.70. The lowest BCUT2D eigenvalue weighted by Crippen LogP contribution is -2.04. The second-order valence-corrected chi connectivity index (χ2v) is 5.01. The number of nitrogens with zero attached hydrogens (tertiary/aromatic N) is 1. The molecule has 1 N–H and O–H groups in total. The summed E-state index contributed by atoms with van der Waals surface area (Å²) in [7, 11) is 0. The van der Waals surface area contributed by atoms with Gasteiger partial charge in [0.1, 0.15) is 5.82 Å². The number of halogens is 2. The van der Waals surface area contributed by atoms with Crippen LogP contribution in [0.2, 0.25) is 5.02 Å². The Balaban J connectivity index is 1.90. The summed E-state index contributed by atoms with van der Waals surface area (Å²) in [5.74, 6) is -0.398. The standard InChI is InChI=1S/C12H12ClFN2S/c1-8-12(17-7-16-8)4-5-15-9-2-3-10(13)11(14)6-9/h2-3,6-7,15H,4-5H2,1H3. The lowest BCUT2D eigenvalue weighted by atomic mass is 10.2. The van der Waals surface area contributed by atoms with Crippen molar-refractivity contribution < 1.29 is 4.39 Å². The molecule has 1 heterocycles. The number of thiazole rings is 1. The zero-order chi connectivity index (χ0) is 12.3. The van der Waals surface area contributed by atoms with Gasteiger partial charge in [0.15, 0.2) is 0 Å². The minimum absolute atomic E-state index is 0.147. The number of hydrogen-bond acceptors (Lipinski definition) is 3. The van der Waals surface area contributed by atoms with Crippen molar-refractivity contribution in [1.29, 1.82) is 0 Å². The van der Waals surface area contributed by atoms with Crippen molar-refractivity contribution in [2.24, 2.45) is 0 Å². The molecule has 2 nitrogen and oxygen atoms in total. The molecule has 0 aliphatic carbocycles. The van der Waals surface area contributed by atoms with Crippen molar-refractivity contribution in [3.8, 4) is 0 Å². The van der Waals surface area contributed by atoms with Gasteiger partial charge in [0.05, 0.1) is 16.2 Å². The van der Waals surface area contributed by atoms with Crippen LogP contribution in [0.15, 0.2) is 23.7 Å². The summed E-state index contributed by atoms with van der Waals surface area (Å²) in [4.78, 5) is 5.44. The van der Waals surface area contributed by atoms with E-state index in [1.54, 1.807) is 23.5 Å². The zero-order valence-corrected chi connectivity index (χ0v) is 10.9. The van der Waals surface area contributed by atoms with E-state index < -0.39 is 5.82 Å². The van der Waals surface area contributed by atoms with Crippen LogP contribution < -0.4 is 5.32 Å². The normalized spacial score (nSPS) is 10.5. The molecule has 5 heteroatoms. The highest BCUT2D eigenvalue weighted by molar-refractivity contribution is 7.09. The lowest BCUT2D eigenvalue weighted by Gasteiger charge is -2.06. The number of rotatable bonds is 4. The average molecular weight is 271 g/mol. The highest BCUT2D eigenvalue weighted by Crippen LogP contribution is 2.19. The van der Waals surface area contributed by atoms with E-state index in [4.69, 9.17) is 11.6 Å². The molecular formula is C12H12ClFN2S. The Labute approximate surface area is 108 Å². The Morgan fingerprint density at radius 1 is 1.47 bits per heavy atom. The first kappa shape index (κ1) is 12.3. The van der Waals surface area contributed by atoms with E-state index in [0.29, 0.717) is 0 Å². The predicted octanol–water partition coefficient (Wildman–Crippen LogP) is 3.90. The van der Waals surface area contributed by atoms with Gasteiger partial charge in [-0.05, 0) is 25.1 Å². The number of anilines is 1. The third kappa shape index (κ3) is 3.17. The van der Waals surface area contributed by atoms with E-state index in [1.165, 1.54) is 10.9 Å². The van der Waals surface area contributed by atoms with Crippen LogP contribution in [-0.4, -0.2) is 11.5 Å². The SMILES string of the molecule is Cc1ncsc1CCNc1ccc(Cl)c(F)c1. The highest BCUT2D eigenvalue weighted by atomic mass is 35.5. The molecule has 90 valence electrons. The summed E-state index contributed by atoms with van der Waals surface area (Å²) < 4.78 is 13.2. The molecule has 0 unspecified atom stereocenters. The molecule has 0 aliphatic rings. The van der Waals surface area contributed by atoms with Gasteiger partial charge < -0.3 is 5.32 Å². The third-order valence-electron chi connectivity index (χ3n) is 2.45. The summed E-state index contributed by atoms with van der Waals surface area (Å²) in [5.41, 5.74) is 3.65. The molecule has 2 aromatic rings. The van der Waals surface area contributed by atoms with Crippen molar-refractivity contribution in [3.05, 3.63) is 45.1 Å². The van der Waals surface area contributed by atoms with Crippen molar-refractivity contribution >= 4 is 28.6 Å². The van der Waals surface area contributed by atoms with Gasteiger partial charge in [-0.25, -0.2) is 9.37 Å². The van der Waals surface area contributed by atoms with Crippen molar-refractivity contribution in [2.45, 2.75) is 13.3 Å². The van der Waals surface area contributed by atoms with Crippen LogP contribution in [0.3, 0.4) is 0 Å². The fraction of sp³-hybridized carbons (Fsp3) is 0.250. The van der Waals surface area contributed by atoms with Crippen LogP contribution in [0.25, 0.3) is 0 Å². The molecule has 0 saturated heterocycles. The Morgan fingerprint density at radius 3 is 2.94 bits per heavy atom. The maximum Gasteiger partial charge on any atom is 0.143 e. The maximum absolute atomic E-state index is 13.2. The number of hydrogen-bond donors (Lipinski definition) is 1. The predicted molar refractivity (Wildman–Crippen MR) is 70.5 cm³/mol. The molecule has 0 aliphatic heterocycles. The summed E-state index contributed by atoms with van der Waals surface area (Å²) in [6.45, 7) is 2.75. The van der Waals surface area contributed by atoms with Crippen LogP contribution in [-0.2, 0) is 6.42 Å². The smallest absolute Gasteiger partial charge is 0.143 e. The van der Waals surface area contributed by atoms with Gasteiger partial charge in [-0.1, -0.05) is 11.6 Å². The monoisotopic (exact) mass is 270 g/mol. The van der Waals surface area contributed by atoms with Gasteiger partial charge in [0.2, 0.25) is 0 Å². The van der Waals surface area contributed by atoms with E-state index in [-0.39, 0.29) is 5.02 Å². The summed E-state index contributed by atoms with van der Waals surface area (Å²) in [5, 5.41) is 3.31. The van der Waals surface area contributed by atoms with Crippen molar-refractivity contribution in [2.75, 3.05) is 11.9 Å². The highest BCUT2D eigenvalue weighted by Gasteiger charge is 2.02. The second-order valence-electron chi connectivity index (χ2n) is 3.67. The Bertz CT molecular complexity index is 513. The molecule has 0 bridgehead atoms. The molecule has 2 rings (SSSR count). The summed E-state index contributed by atoms with van der Waals surface area (Å²) in [6.07, 6.45) is 0.890. The molecule has 1 aromatic carbocycles. The van der Waals surface area contributed by atoms with E-state index in [1.807, 2.05) is 12.4 Å². The molecule has 0 spiro atoms. The number of nitrogens with one attached hydrogen (secondary N) is 1. The van der Waals surface area contributed by atoms with Gasteiger partial charge in [0.25, 0.3) is 0 Å². The van der Waals surface area contributed by atoms with Crippen molar-refractivity contribution in [1.82, 2.24) is 4.98 Å². The molecule has 1 aromatic heterocycles. The quantitative estimate of drug-likeness (QED) is 0.911.